The highest BCUT2D eigenvalue weighted by Crippen LogP contribution is 2.31. The molecule has 2 heterocycles. The van der Waals surface area contributed by atoms with Crippen LogP contribution >= 0.6 is 35.3 Å². The first kappa shape index (κ1) is 16.2. The molecule has 1 aromatic heterocycles. The van der Waals surface area contributed by atoms with E-state index in [9.17, 15) is 8.42 Å². The van der Waals surface area contributed by atoms with Gasteiger partial charge in [0.1, 0.15) is 4.21 Å². The molecule has 0 spiro atoms. The lowest BCUT2D eigenvalue weighted by Crippen LogP contribution is -2.40. The second-order valence-corrected chi connectivity index (χ2v) is 7.86. The zero-order valence-corrected chi connectivity index (χ0v) is 13.1. The molecule has 0 amide bonds. The molecular formula is C10H16Cl2N2O2S2. The Morgan fingerprint density at radius 2 is 2.28 bits per heavy atom. The highest BCUT2D eigenvalue weighted by Gasteiger charge is 2.35. The van der Waals surface area contributed by atoms with Crippen LogP contribution in [0.3, 0.4) is 0 Å². The van der Waals surface area contributed by atoms with Crippen molar-refractivity contribution in [3.05, 3.63) is 16.5 Å². The summed E-state index contributed by atoms with van der Waals surface area (Å²) in [6.07, 6.45) is 1.84. The first-order chi connectivity index (χ1) is 8.05. The van der Waals surface area contributed by atoms with Gasteiger partial charge in [-0.25, -0.2) is 8.42 Å². The van der Waals surface area contributed by atoms with Crippen LogP contribution in [0.2, 0.25) is 4.34 Å². The van der Waals surface area contributed by atoms with Gasteiger partial charge < -0.3 is 5.32 Å². The number of nitrogens with zero attached hydrogens (tertiary/aromatic N) is 1. The van der Waals surface area contributed by atoms with E-state index in [1.54, 1.807) is 16.4 Å². The molecule has 1 atom stereocenters. The number of hydrogen-bond acceptors (Lipinski definition) is 4. The number of rotatable bonds is 4. The van der Waals surface area contributed by atoms with E-state index >= 15 is 0 Å². The number of nitrogens with one attached hydrogen (secondary N) is 1. The number of hydrogen-bond donors (Lipinski definition) is 1. The fourth-order valence-corrected chi connectivity index (χ4v) is 5.42. The van der Waals surface area contributed by atoms with Crippen LogP contribution in [-0.2, 0) is 10.0 Å². The minimum Gasteiger partial charge on any atom is -0.318 e. The summed E-state index contributed by atoms with van der Waals surface area (Å²) in [6, 6.07) is 3.27. The van der Waals surface area contributed by atoms with Crippen molar-refractivity contribution in [3.63, 3.8) is 0 Å². The second-order valence-electron chi connectivity index (χ2n) is 4.03. The van der Waals surface area contributed by atoms with Gasteiger partial charge in [0.25, 0.3) is 10.0 Å². The minimum absolute atomic E-state index is 0. The lowest BCUT2D eigenvalue weighted by molar-refractivity contribution is 0.380. The molecule has 0 saturated carbocycles. The highest BCUT2D eigenvalue weighted by atomic mass is 35.5. The molecule has 1 fully saturated rings. The normalized spacial score (nSPS) is 20.9. The Morgan fingerprint density at radius 3 is 2.83 bits per heavy atom. The van der Waals surface area contributed by atoms with E-state index in [1.807, 2.05) is 7.05 Å². The van der Waals surface area contributed by atoms with Crippen molar-refractivity contribution in [3.8, 4) is 0 Å². The number of likely N-dealkylation sites (N-methyl/N-ethyl adjacent to an activating group) is 1. The summed E-state index contributed by atoms with van der Waals surface area (Å²) in [5.41, 5.74) is 0. The molecule has 104 valence electrons. The van der Waals surface area contributed by atoms with Crippen molar-refractivity contribution in [2.75, 3.05) is 20.1 Å². The van der Waals surface area contributed by atoms with Crippen LogP contribution in [0.4, 0.5) is 0 Å². The first-order valence-corrected chi connectivity index (χ1v) is 8.11. The van der Waals surface area contributed by atoms with Gasteiger partial charge in [-0.15, -0.1) is 23.7 Å². The van der Waals surface area contributed by atoms with Gasteiger partial charge >= 0.3 is 0 Å². The quantitative estimate of drug-likeness (QED) is 0.920. The van der Waals surface area contributed by atoms with Crippen molar-refractivity contribution in [2.24, 2.45) is 0 Å². The standard InChI is InChI=1S/C10H15ClN2O2S2.ClH/c1-12-7-8-3-2-6-13(8)17(14,15)10-5-4-9(11)16-10;/h4-5,8,12H,2-3,6-7H2,1H3;1H. The van der Waals surface area contributed by atoms with Crippen LogP contribution in [0, 0.1) is 0 Å². The average Bonchev–Trinajstić information content (AvgIpc) is 2.87. The first-order valence-electron chi connectivity index (χ1n) is 5.47. The Kier molecular flexibility index (Phi) is 5.89. The molecule has 1 N–H and O–H groups in total. The van der Waals surface area contributed by atoms with E-state index in [-0.39, 0.29) is 18.4 Å². The maximum atomic E-state index is 12.4. The average molecular weight is 331 g/mol. The van der Waals surface area contributed by atoms with Gasteiger partial charge in [-0.05, 0) is 32.0 Å². The third-order valence-corrected chi connectivity index (χ3v) is 6.52. The van der Waals surface area contributed by atoms with Gasteiger partial charge in [0.05, 0.1) is 4.34 Å². The van der Waals surface area contributed by atoms with Gasteiger partial charge in [0.2, 0.25) is 0 Å². The van der Waals surface area contributed by atoms with Gasteiger partial charge in [-0.3, -0.25) is 0 Å². The van der Waals surface area contributed by atoms with Crippen molar-refractivity contribution >= 4 is 45.4 Å². The third-order valence-electron chi connectivity index (χ3n) is 2.87. The second kappa shape index (κ2) is 6.54. The van der Waals surface area contributed by atoms with Crippen LogP contribution in [0.5, 0.6) is 0 Å². The number of thiophene rings is 1. The van der Waals surface area contributed by atoms with Crippen molar-refractivity contribution in [1.29, 1.82) is 0 Å². The van der Waals surface area contributed by atoms with Crippen LogP contribution < -0.4 is 5.32 Å². The van der Waals surface area contributed by atoms with E-state index < -0.39 is 10.0 Å². The Hall–Kier alpha value is 0.150. The Labute approximate surface area is 123 Å². The summed E-state index contributed by atoms with van der Waals surface area (Å²) in [6.45, 7) is 1.29. The summed E-state index contributed by atoms with van der Waals surface area (Å²) in [4.78, 5) is 0. The van der Waals surface area contributed by atoms with Gasteiger partial charge in [-0.2, -0.15) is 4.31 Å². The SMILES string of the molecule is CNCC1CCCN1S(=O)(=O)c1ccc(Cl)s1.Cl. The van der Waals surface area contributed by atoms with Crippen molar-refractivity contribution in [2.45, 2.75) is 23.1 Å². The molecule has 2 rings (SSSR count). The molecule has 4 nitrogen and oxygen atoms in total. The molecule has 1 aliphatic rings. The molecular weight excluding hydrogens is 315 g/mol. The maximum Gasteiger partial charge on any atom is 0.252 e. The molecule has 1 aromatic rings. The Morgan fingerprint density at radius 1 is 1.56 bits per heavy atom. The summed E-state index contributed by atoms with van der Waals surface area (Å²) >= 11 is 6.91. The molecule has 8 heteroatoms. The predicted octanol–water partition coefficient (Wildman–Crippen LogP) is 2.20. The number of sulfonamides is 1. The Balaban J connectivity index is 0.00000162. The largest absolute Gasteiger partial charge is 0.318 e. The lowest BCUT2D eigenvalue weighted by Gasteiger charge is -2.22. The summed E-state index contributed by atoms with van der Waals surface area (Å²) in [5.74, 6) is 0. The van der Waals surface area contributed by atoms with Gasteiger partial charge in [0, 0.05) is 19.1 Å². The zero-order valence-electron chi connectivity index (χ0n) is 9.93. The van der Waals surface area contributed by atoms with Crippen LogP contribution in [-0.4, -0.2) is 38.9 Å². The lowest BCUT2D eigenvalue weighted by atomic mass is 10.2. The number of halogens is 2. The monoisotopic (exact) mass is 330 g/mol. The van der Waals surface area contributed by atoms with Crippen molar-refractivity contribution < 1.29 is 8.42 Å². The predicted molar refractivity (Wildman–Crippen MR) is 77.4 cm³/mol. The smallest absolute Gasteiger partial charge is 0.252 e. The van der Waals surface area contributed by atoms with Crippen molar-refractivity contribution in [1.82, 2.24) is 9.62 Å². The molecule has 0 aliphatic carbocycles. The minimum atomic E-state index is -3.36. The van der Waals surface area contributed by atoms with Crippen LogP contribution in [0.1, 0.15) is 12.8 Å². The molecule has 0 bridgehead atoms. The molecule has 1 aliphatic heterocycles. The fraction of sp³-hybridized carbons (Fsp3) is 0.600. The zero-order chi connectivity index (χ0) is 12.5. The van der Waals surface area contributed by atoms with Crippen LogP contribution in [0.15, 0.2) is 16.3 Å². The highest BCUT2D eigenvalue weighted by molar-refractivity contribution is 7.91. The summed E-state index contributed by atoms with van der Waals surface area (Å²) < 4.78 is 27.2. The Bertz CT molecular complexity index is 490. The third kappa shape index (κ3) is 3.18. The van der Waals surface area contributed by atoms with E-state index in [1.165, 1.54) is 0 Å². The fourth-order valence-electron chi connectivity index (χ4n) is 2.12. The summed E-state index contributed by atoms with van der Waals surface area (Å²) in [5, 5.41) is 3.04. The van der Waals surface area contributed by atoms with Crippen LogP contribution in [0.25, 0.3) is 0 Å². The van der Waals surface area contributed by atoms with E-state index in [2.05, 4.69) is 5.32 Å². The van der Waals surface area contributed by atoms with Gasteiger partial charge in [-0.1, -0.05) is 11.6 Å². The molecule has 1 saturated heterocycles. The molecule has 1 unspecified atom stereocenters. The molecule has 0 aromatic carbocycles. The molecule has 18 heavy (non-hydrogen) atoms. The molecule has 0 radical (unpaired) electrons. The van der Waals surface area contributed by atoms with E-state index in [4.69, 9.17) is 11.6 Å². The van der Waals surface area contributed by atoms with E-state index in [0.717, 1.165) is 24.2 Å². The maximum absolute atomic E-state index is 12.4. The van der Waals surface area contributed by atoms with Gasteiger partial charge in [0.15, 0.2) is 0 Å². The summed E-state index contributed by atoms with van der Waals surface area (Å²) in [7, 11) is -1.52. The topological polar surface area (TPSA) is 49.4 Å². The van der Waals surface area contributed by atoms with E-state index in [0.29, 0.717) is 21.6 Å².